The molecule has 0 aromatic rings. The summed E-state index contributed by atoms with van der Waals surface area (Å²) in [5.74, 6) is 0. The second kappa shape index (κ2) is 9.48. The van der Waals surface area contributed by atoms with E-state index in [0.29, 0.717) is 0 Å². The molecule has 0 nitrogen and oxygen atoms in total. The van der Waals surface area contributed by atoms with Crippen molar-refractivity contribution in [2.75, 3.05) is 0 Å². The van der Waals surface area contributed by atoms with Gasteiger partial charge in [-0.05, 0) is 39.5 Å². The van der Waals surface area contributed by atoms with Gasteiger partial charge < -0.3 is 0 Å². The normalized spacial score (nSPS) is 11.8. The van der Waals surface area contributed by atoms with E-state index >= 15 is 0 Å². The van der Waals surface area contributed by atoms with E-state index < -0.39 is 0 Å². The van der Waals surface area contributed by atoms with Gasteiger partial charge in [0, 0.05) is 0 Å². The van der Waals surface area contributed by atoms with Crippen LogP contribution in [0.1, 0.15) is 46.0 Å². The van der Waals surface area contributed by atoms with Gasteiger partial charge in [0.1, 0.15) is 0 Å². The molecular formula is C11H20. The molecule has 0 aromatic heterocycles. The van der Waals surface area contributed by atoms with Crippen molar-refractivity contribution in [1.29, 1.82) is 0 Å². The molecule has 0 rings (SSSR count). The van der Waals surface area contributed by atoms with Crippen molar-refractivity contribution in [3.63, 3.8) is 0 Å². The van der Waals surface area contributed by atoms with Crippen LogP contribution in [-0.2, 0) is 0 Å². The fourth-order valence-corrected chi connectivity index (χ4v) is 1.03. The largest absolute Gasteiger partial charge is 0.0917 e. The van der Waals surface area contributed by atoms with Crippen LogP contribution in [0.2, 0.25) is 0 Å². The quantitative estimate of drug-likeness (QED) is 0.397. The van der Waals surface area contributed by atoms with E-state index in [-0.39, 0.29) is 0 Å². The zero-order valence-electron chi connectivity index (χ0n) is 7.84. The van der Waals surface area contributed by atoms with Crippen LogP contribution in [-0.4, -0.2) is 0 Å². The van der Waals surface area contributed by atoms with E-state index in [9.17, 15) is 0 Å². The maximum atomic E-state index is 2.25. The lowest BCUT2D eigenvalue weighted by Gasteiger charge is -1.93. The predicted octanol–water partition coefficient (Wildman–Crippen LogP) is 4.09. The minimum atomic E-state index is 1.26. The van der Waals surface area contributed by atoms with Crippen molar-refractivity contribution in [2.24, 2.45) is 0 Å². The van der Waals surface area contributed by atoms with E-state index in [2.05, 4.69) is 38.2 Å². The third-order valence-electron chi connectivity index (χ3n) is 1.71. The van der Waals surface area contributed by atoms with Gasteiger partial charge in [-0.3, -0.25) is 0 Å². The molecule has 0 unspecified atom stereocenters. The van der Waals surface area contributed by atoms with Gasteiger partial charge in [-0.15, -0.1) is 0 Å². The van der Waals surface area contributed by atoms with Gasteiger partial charge in [0.2, 0.25) is 0 Å². The summed E-state index contributed by atoms with van der Waals surface area (Å²) in [6.07, 6.45) is 15.3. The van der Waals surface area contributed by atoms with Crippen molar-refractivity contribution < 1.29 is 0 Å². The number of hydrogen-bond donors (Lipinski definition) is 0. The second-order valence-corrected chi connectivity index (χ2v) is 2.78. The second-order valence-electron chi connectivity index (χ2n) is 2.78. The molecule has 0 aliphatic heterocycles. The number of rotatable bonds is 6. The minimum Gasteiger partial charge on any atom is -0.0917 e. The Morgan fingerprint density at radius 3 is 1.55 bits per heavy atom. The summed E-state index contributed by atoms with van der Waals surface area (Å²) in [5, 5.41) is 0. The molecule has 0 amide bonds. The summed E-state index contributed by atoms with van der Waals surface area (Å²) < 4.78 is 0. The van der Waals surface area contributed by atoms with Crippen molar-refractivity contribution in [2.45, 2.75) is 46.0 Å². The van der Waals surface area contributed by atoms with E-state index in [1.165, 1.54) is 32.1 Å². The highest BCUT2D eigenvalue weighted by Gasteiger charge is 1.84. The van der Waals surface area contributed by atoms with Crippen LogP contribution in [0.5, 0.6) is 0 Å². The highest BCUT2D eigenvalue weighted by atomic mass is 13.9. The van der Waals surface area contributed by atoms with E-state index in [0.717, 1.165) is 0 Å². The van der Waals surface area contributed by atoms with Crippen LogP contribution in [0.15, 0.2) is 24.3 Å². The number of allylic oxidation sites excluding steroid dienone is 4. The molecule has 0 radical (unpaired) electrons. The number of hydrogen-bond acceptors (Lipinski definition) is 0. The molecule has 0 atom stereocenters. The summed E-state index contributed by atoms with van der Waals surface area (Å²) in [5.41, 5.74) is 0. The summed E-state index contributed by atoms with van der Waals surface area (Å²) in [6, 6.07) is 0. The lowest BCUT2D eigenvalue weighted by Crippen LogP contribution is -1.74. The summed E-state index contributed by atoms with van der Waals surface area (Å²) in [6.45, 7) is 4.17. The van der Waals surface area contributed by atoms with Crippen LogP contribution in [0.3, 0.4) is 0 Å². The van der Waals surface area contributed by atoms with Gasteiger partial charge in [0.15, 0.2) is 0 Å². The first kappa shape index (κ1) is 10.5. The van der Waals surface area contributed by atoms with Crippen LogP contribution in [0.25, 0.3) is 0 Å². The molecule has 0 saturated carbocycles. The molecule has 0 aliphatic rings. The molecule has 64 valence electrons. The molecule has 0 bridgehead atoms. The Kier molecular flexibility index (Phi) is 9.03. The number of unbranched alkanes of at least 4 members (excludes halogenated alkanes) is 4. The molecule has 0 aliphatic carbocycles. The highest BCUT2D eigenvalue weighted by molar-refractivity contribution is 4.78. The Morgan fingerprint density at radius 1 is 0.727 bits per heavy atom. The third-order valence-corrected chi connectivity index (χ3v) is 1.71. The molecule has 11 heavy (non-hydrogen) atoms. The zero-order valence-corrected chi connectivity index (χ0v) is 7.84. The van der Waals surface area contributed by atoms with E-state index in [1.54, 1.807) is 0 Å². The Morgan fingerprint density at radius 2 is 1.18 bits per heavy atom. The molecular weight excluding hydrogens is 132 g/mol. The van der Waals surface area contributed by atoms with Crippen LogP contribution in [0.4, 0.5) is 0 Å². The Hall–Kier alpha value is -0.520. The van der Waals surface area contributed by atoms with Crippen LogP contribution in [0, 0.1) is 0 Å². The monoisotopic (exact) mass is 152 g/mol. The first-order valence-corrected chi connectivity index (χ1v) is 4.64. The molecule has 0 heterocycles. The van der Waals surface area contributed by atoms with Gasteiger partial charge in [0.05, 0.1) is 0 Å². The fourth-order valence-electron chi connectivity index (χ4n) is 1.03. The Bertz CT molecular complexity index is 95.2. The molecule has 0 fully saturated rings. The first-order valence-electron chi connectivity index (χ1n) is 4.64. The van der Waals surface area contributed by atoms with Crippen molar-refractivity contribution in [1.82, 2.24) is 0 Å². The Labute approximate surface area is 71.0 Å². The van der Waals surface area contributed by atoms with Crippen molar-refractivity contribution in [3.8, 4) is 0 Å². The van der Waals surface area contributed by atoms with Gasteiger partial charge in [-0.1, -0.05) is 30.7 Å². The lowest BCUT2D eigenvalue weighted by molar-refractivity contribution is 0.695. The standard InChI is InChI=1S/C11H20/c1-3-5-7-9-11-10-8-6-4-2/h3-6H,7-11H2,1-2H3/b5-3+,6-4+. The topological polar surface area (TPSA) is 0 Å². The summed E-state index contributed by atoms with van der Waals surface area (Å²) in [4.78, 5) is 0. The van der Waals surface area contributed by atoms with Crippen LogP contribution < -0.4 is 0 Å². The molecule has 0 N–H and O–H groups in total. The summed E-state index contributed by atoms with van der Waals surface area (Å²) >= 11 is 0. The lowest BCUT2D eigenvalue weighted by atomic mass is 10.1. The smallest absolute Gasteiger partial charge is 0.0351 e. The van der Waals surface area contributed by atoms with Gasteiger partial charge in [-0.2, -0.15) is 0 Å². The van der Waals surface area contributed by atoms with Crippen LogP contribution >= 0.6 is 0 Å². The maximum absolute atomic E-state index is 2.25. The maximum Gasteiger partial charge on any atom is -0.0351 e. The fraction of sp³-hybridized carbons (Fsp3) is 0.636. The van der Waals surface area contributed by atoms with E-state index in [4.69, 9.17) is 0 Å². The molecule has 0 heteroatoms. The van der Waals surface area contributed by atoms with Gasteiger partial charge in [0.25, 0.3) is 0 Å². The first-order chi connectivity index (χ1) is 5.41. The van der Waals surface area contributed by atoms with E-state index in [1.807, 2.05) is 0 Å². The Balaban J connectivity index is 2.90. The van der Waals surface area contributed by atoms with Crippen molar-refractivity contribution >= 4 is 0 Å². The van der Waals surface area contributed by atoms with Gasteiger partial charge >= 0.3 is 0 Å². The summed E-state index contributed by atoms with van der Waals surface area (Å²) in [7, 11) is 0. The van der Waals surface area contributed by atoms with Crippen molar-refractivity contribution in [3.05, 3.63) is 24.3 Å². The predicted molar refractivity (Wildman–Crippen MR) is 52.7 cm³/mol. The highest BCUT2D eigenvalue weighted by Crippen LogP contribution is 2.03. The third kappa shape index (κ3) is 9.48. The average Bonchev–Trinajstić information content (AvgIpc) is 2.03. The zero-order chi connectivity index (χ0) is 8.36. The SMILES string of the molecule is C/C=C/CCCCC/C=C/C. The average molecular weight is 152 g/mol. The van der Waals surface area contributed by atoms with Gasteiger partial charge in [-0.25, -0.2) is 0 Å². The molecule has 0 saturated heterocycles. The molecule has 0 spiro atoms. The molecule has 0 aromatic carbocycles. The minimum absolute atomic E-state index is 1.26.